The predicted octanol–water partition coefficient (Wildman–Crippen LogP) is 6.94. The average molecular weight is 488 g/mol. The van der Waals surface area contributed by atoms with E-state index in [-0.39, 0.29) is 29.8 Å². The lowest BCUT2D eigenvalue weighted by molar-refractivity contribution is -0.116. The number of nitrogens with zero attached hydrogens (tertiary/aromatic N) is 2. The molecule has 0 unspecified atom stereocenters. The van der Waals surface area contributed by atoms with Gasteiger partial charge in [0.1, 0.15) is 11.4 Å². The second-order valence-electron chi connectivity index (χ2n) is 9.86. The van der Waals surface area contributed by atoms with E-state index in [0.717, 1.165) is 32.8 Å². The molecule has 2 aromatic heterocycles. The summed E-state index contributed by atoms with van der Waals surface area (Å²) in [5.74, 6) is 0.293. The topological polar surface area (TPSA) is 64.0 Å². The molecule has 35 heavy (non-hydrogen) atoms. The third kappa shape index (κ3) is 4.80. The second-order valence-corrected chi connectivity index (χ2v) is 11.1. The molecule has 1 N–H and O–H groups in total. The van der Waals surface area contributed by atoms with Crippen LogP contribution in [0.4, 0.5) is 5.69 Å². The Labute approximate surface area is 210 Å². The fraction of sp³-hybridized carbons (Fsp3) is 0.345. The number of carbonyl (C=O) groups excluding carboxylic acids is 1. The van der Waals surface area contributed by atoms with Crippen molar-refractivity contribution in [3.8, 4) is 11.1 Å². The number of fused-ring (bicyclic) bond motifs is 1. The largest absolute Gasteiger partial charge is 0.324 e. The van der Waals surface area contributed by atoms with Crippen molar-refractivity contribution in [2.24, 2.45) is 0 Å². The van der Waals surface area contributed by atoms with E-state index < -0.39 is 0 Å². The van der Waals surface area contributed by atoms with Crippen LogP contribution < -0.4 is 10.9 Å². The van der Waals surface area contributed by atoms with Gasteiger partial charge in [0.25, 0.3) is 5.56 Å². The highest BCUT2D eigenvalue weighted by Gasteiger charge is 2.20. The first-order valence-corrected chi connectivity index (χ1v) is 12.9. The maximum Gasteiger partial charge on any atom is 0.263 e. The second kappa shape index (κ2) is 9.78. The Balaban J connectivity index is 1.72. The van der Waals surface area contributed by atoms with Gasteiger partial charge < -0.3 is 5.32 Å². The number of thiophene rings is 1. The minimum atomic E-state index is -0.233. The lowest BCUT2D eigenvalue weighted by atomic mass is 9.92. The number of benzene rings is 2. The van der Waals surface area contributed by atoms with E-state index in [1.54, 1.807) is 0 Å². The summed E-state index contributed by atoms with van der Waals surface area (Å²) >= 11 is 1.51. The molecule has 2 aromatic carbocycles. The van der Waals surface area contributed by atoms with Gasteiger partial charge in [0.05, 0.1) is 11.7 Å². The van der Waals surface area contributed by atoms with Crippen molar-refractivity contribution in [3.05, 3.63) is 80.2 Å². The molecule has 0 radical (unpaired) electrons. The van der Waals surface area contributed by atoms with Crippen molar-refractivity contribution in [1.82, 2.24) is 9.55 Å². The third-order valence-electron chi connectivity index (χ3n) is 6.60. The van der Waals surface area contributed by atoms with E-state index in [0.29, 0.717) is 10.2 Å². The molecule has 0 saturated carbocycles. The van der Waals surface area contributed by atoms with E-state index in [9.17, 15) is 9.59 Å². The Morgan fingerprint density at radius 1 is 1.00 bits per heavy atom. The minimum Gasteiger partial charge on any atom is -0.324 e. The van der Waals surface area contributed by atoms with Crippen LogP contribution in [0, 0.1) is 20.8 Å². The molecule has 0 atom stereocenters. The summed E-state index contributed by atoms with van der Waals surface area (Å²) in [5.41, 5.74) is 7.15. The summed E-state index contributed by atoms with van der Waals surface area (Å²) in [6.45, 7) is 14.5. The maximum absolute atomic E-state index is 13.6. The molecule has 0 fully saturated rings. The van der Waals surface area contributed by atoms with E-state index in [4.69, 9.17) is 0 Å². The molecule has 1 amide bonds. The maximum atomic E-state index is 13.6. The van der Waals surface area contributed by atoms with Gasteiger partial charge in [-0.1, -0.05) is 64.1 Å². The van der Waals surface area contributed by atoms with Crippen LogP contribution in [0.5, 0.6) is 0 Å². The molecule has 4 aromatic rings. The molecule has 2 heterocycles. The summed E-state index contributed by atoms with van der Waals surface area (Å²) in [4.78, 5) is 33.0. The number of amides is 1. The molecule has 4 rings (SSSR count). The van der Waals surface area contributed by atoms with Crippen LogP contribution in [0.3, 0.4) is 0 Å². The van der Waals surface area contributed by atoms with Crippen molar-refractivity contribution in [3.63, 3.8) is 0 Å². The summed E-state index contributed by atoms with van der Waals surface area (Å²) in [6, 6.07) is 12.4. The number of para-hydroxylation sites is 1. The molecular weight excluding hydrogens is 454 g/mol. The molecule has 0 saturated heterocycles. The monoisotopic (exact) mass is 487 g/mol. The molecule has 0 aliphatic carbocycles. The van der Waals surface area contributed by atoms with Gasteiger partial charge in [-0.15, -0.1) is 11.3 Å². The first-order chi connectivity index (χ1) is 16.6. The van der Waals surface area contributed by atoms with Crippen LogP contribution in [-0.4, -0.2) is 15.5 Å². The summed E-state index contributed by atoms with van der Waals surface area (Å²) in [6.07, 6.45) is 1.49. The van der Waals surface area contributed by atoms with Gasteiger partial charge in [-0.05, 0) is 60.4 Å². The number of carbonyl (C=O) groups is 1. The van der Waals surface area contributed by atoms with Crippen LogP contribution in [0.15, 0.2) is 47.5 Å². The van der Waals surface area contributed by atoms with E-state index >= 15 is 0 Å². The highest BCUT2D eigenvalue weighted by molar-refractivity contribution is 7.19. The molecular formula is C29H33N3O2S. The quantitative estimate of drug-likeness (QED) is 0.320. The van der Waals surface area contributed by atoms with Crippen molar-refractivity contribution < 1.29 is 4.79 Å². The zero-order valence-corrected chi connectivity index (χ0v) is 22.3. The SMILES string of the molecule is Cc1ccc(-c2c(C)sc3ncn(CC(=O)Nc4c(C(C)C)cccc4C(C)C)c(=O)c23)cc1C. The number of anilines is 1. The normalized spacial score (nSPS) is 11.6. The van der Waals surface area contributed by atoms with Crippen molar-refractivity contribution in [1.29, 1.82) is 0 Å². The van der Waals surface area contributed by atoms with E-state index in [2.05, 4.69) is 82.2 Å². The standard InChI is InChI=1S/C29H33N3O2S/c1-16(2)22-9-8-10-23(17(3)4)27(22)31-24(33)14-32-15-30-28-26(29(32)34)25(20(7)35-28)21-12-11-18(5)19(6)13-21/h8-13,15-17H,14H2,1-7H3,(H,31,33). The Kier molecular flexibility index (Phi) is 6.95. The van der Waals surface area contributed by atoms with Gasteiger partial charge >= 0.3 is 0 Å². The predicted molar refractivity (Wildman–Crippen MR) is 147 cm³/mol. The number of rotatable bonds is 6. The number of nitrogens with one attached hydrogen (secondary N) is 1. The fourth-order valence-electron chi connectivity index (χ4n) is 4.52. The zero-order valence-electron chi connectivity index (χ0n) is 21.5. The smallest absolute Gasteiger partial charge is 0.263 e. The zero-order chi connectivity index (χ0) is 25.4. The van der Waals surface area contributed by atoms with Crippen LogP contribution >= 0.6 is 11.3 Å². The van der Waals surface area contributed by atoms with Crippen LogP contribution in [-0.2, 0) is 11.3 Å². The number of hydrogen-bond acceptors (Lipinski definition) is 4. The summed E-state index contributed by atoms with van der Waals surface area (Å²) in [5, 5.41) is 3.69. The molecule has 0 bridgehead atoms. The van der Waals surface area contributed by atoms with Gasteiger partial charge in [0.15, 0.2) is 0 Å². The molecule has 5 nitrogen and oxygen atoms in total. The third-order valence-corrected chi connectivity index (χ3v) is 7.61. The van der Waals surface area contributed by atoms with E-state index in [1.807, 2.05) is 13.0 Å². The van der Waals surface area contributed by atoms with Gasteiger partial charge in [-0.2, -0.15) is 0 Å². The summed E-state index contributed by atoms with van der Waals surface area (Å²) < 4.78 is 1.42. The molecule has 0 spiro atoms. The van der Waals surface area contributed by atoms with Crippen molar-refractivity contribution in [2.75, 3.05) is 5.32 Å². The Morgan fingerprint density at radius 3 is 2.26 bits per heavy atom. The fourth-order valence-corrected chi connectivity index (χ4v) is 5.53. The van der Waals surface area contributed by atoms with Gasteiger partial charge in [-0.25, -0.2) is 4.98 Å². The van der Waals surface area contributed by atoms with E-state index in [1.165, 1.54) is 33.4 Å². The lowest BCUT2D eigenvalue weighted by Gasteiger charge is -2.20. The minimum absolute atomic E-state index is 0.0903. The van der Waals surface area contributed by atoms with Gasteiger partial charge in [-0.3, -0.25) is 14.2 Å². The van der Waals surface area contributed by atoms with Gasteiger partial charge in [0, 0.05) is 16.1 Å². The summed E-state index contributed by atoms with van der Waals surface area (Å²) in [7, 11) is 0. The van der Waals surface area contributed by atoms with Crippen LogP contribution in [0.2, 0.25) is 0 Å². The Hall–Kier alpha value is -3.25. The lowest BCUT2D eigenvalue weighted by Crippen LogP contribution is -2.28. The number of aryl methyl sites for hydroxylation is 3. The number of aromatic nitrogens is 2. The molecule has 6 heteroatoms. The first kappa shape index (κ1) is 24.9. The Bertz CT molecular complexity index is 1450. The van der Waals surface area contributed by atoms with Crippen LogP contribution in [0.1, 0.15) is 66.7 Å². The molecule has 0 aliphatic rings. The Morgan fingerprint density at radius 2 is 1.66 bits per heavy atom. The highest BCUT2D eigenvalue weighted by atomic mass is 32.1. The van der Waals surface area contributed by atoms with Crippen LogP contribution in [0.25, 0.3) is 21.3 Å². The molecule has 182 valence electrons. The number of hydrogen-bond donors (Lipinski definition) is 1. The van der Waals surface area contributed by atoms with Gasteiger partial charge in [0.2, 0.25) is 5.91 Å². The van der Waals surface area contributed by atoms with Crippen molar-refractivity contribution in [2.45, 2.75) is 66.8 Å². The molecule has 0 aliphatic heterocycles. The van der Waals surface area contributed by atoms with Crippen molar-refractivity contribution >= 4 is 33.1 Å². The highest BCUT2D eigenvalue weighted by Crippen LogP contribution is 2.36. The average Bonchev–Trinajstić information content (AvgIpc) is 3.14. The first-order valence-electron chi connectivity index (χ1n) is 12.1.